The Morgan fingerprint density at radius 2 is 1.23 bits per heavy atom. The van der Waals surface area contributed by atoms with Gasteiger partial charge in [0.05, 0.1) is 42.8 Å². The van der Waals surface area contributed by atoms with Gasteiger partial charge in [0.15, 0.2) is 0 Å². The number of benzene rings is 2. The minimum atomic E-state index is -0.833. The number of thiazole rings is 2. The van der Waals surface area contributed by atoms with Crippen molar-refractivity contribution < 1.29 is 34.2 Å². The van der Waals surface area contributed by atoms with Crippen LogP contribution < -0.4 is 6.15 Å². The molecule has 0 aliphatic rings. The van der Waals surface area contributed by atoms with Gasteiger partial charge in [-0.3, -0.25) is 28.5 Å². The molecule has 0 fully saturated rings. The summed E-state index contributed by atoms with van der Waals surface area (Å²) in [4.78, 5) is 67.9. The molecule has 0 aliphatic heterocycles. The number of Topliss-reactive ketones (excluding diaryl/α,β-unsaturated/α-hetero) is 3. The fraction of sp³-hybridized carbons (Fsp3) is 0.200. The number of carboxylic acid groups (broad SMARTS) is 2. The first kappa shape index (κ1) is 42.9. The van der Waals surface area contributed by atoms with Crippen LogP contribution in [0.1, 0.15) is 54.4 Å². The molecule has 18 heteroatoms. The average molecular weight is 762 g/mol. The first-order chi connectivity index (χ1) is 24.5. The van der Waals surface area contributed by atoms with Crippen LogP contribution >= 0.6 is 22.7 Å². The summed E-state index contributed by atoms with van der Waals surface area (Å²) in [6.07, 6.45) is 3.56. The van der Waals surface area contributed by atoms with Gasteiger partial charge in [0.2, 0.25) is 5.78 Å². The molecule has 0 aliphatic carbocycles. The fourth-order valence-corrected chi connectivity index (χ4v) is 5.65. The molecule has 5 aromatic heterocycles. The lowest BCUT2D eigenvalue weighted by molar-refractivity contribution is -0.135. The van der Waals surface area contributed by atoms with Crippen LogP contribution in [0.2, 0.25) is 0 Å². The van der Waals surface area contributed by atoms with Gasteiger partial charge in [0.1, 0.15) is 23.0 Å². The van der Waals surface area contributed by atoms with Crippen molar-refractivity contribution in [3.05, 3.63) is 89.0 Å². The highest BCUT2D eigenvalue weighted by Gasteiger charge is 2.21. The van der Waals surface area contributed by atoms with Crippen molar-refractivity contribution in [3.63, 3.8) is 0 Å². The molecule has 0 unspecified atom stereocenters. The Kier molecular flexibility index (Phi) is 16.2. The quantitative estimate of drug-likeness (QED) is 0.109. The van der Waals surface area contributed by atoms with E-state index in [4.69, 9.17) is 19.8 Å². The van der Waals surface area contributed by atoms with Gasteiger partial charge < -0.3 is 26.1 Å². The van der Waals surface area contributed by atoms with Gasteiger partial charge in [-0.2, -0.15) is 10.2 Å². The summed E-state index contributed by atoms with van der Waals surface area (Å²) in [5.41, 5.74) is 9.82. The van der Waals surface area contributed by atoms with E-state index in [-0.39, 0.29) is 17.6 Å². The summed E-state index contributed by atoms with van der Waals surface area (Å²) >= 11 is 3.08. The second-order valence-corrected chi connectivity index (χ2v) is 12.7. The minimum absolute atomic E-state index is 0. The summed E-state index contributed by atoms with van der Waals surface area (Å²) < 4.78 is 5.34. The highest BCUT2D eigenvalue weighted by atomic mass is 32.1. The third-order valence-corrected chi connectivity index (χ3v) is 7.73. The molecule has 53 heavy (non-hydrogen) atoms. The molecule has 0 amide bonds. The standard InChI is InChI=1S/C15H13N5S.C13H9N3O2S.C3H6O.2C2H4O2.H3N/c1-9-17-14(15(18-9)12-5-6-20(2)19-12)10-3-4-11-13(7-10)21-8-16-11;1-16-5-4-10(15-16)13(18)12(17)8-2-3-9-11(6-8)19-7-14-9;1-3(2)4;2*1-2(3)4;/h3-8H,1-2H3,(H,17,18);2-7H,1H3;1-2H3;2*1H3,(H,3,4);1H3. The number of aryl methyl sites for hydroxylation is 3. The molecule has 0 spiro atoms. The highest BCUT2D eigenvalue weighted by Crippen LogP contribution is 2.31. The number of carboxylic acids is 2. The summed E-state index contributed by atoms with van der Waals surface area (Å²) in [5, 5.41) is 23.2. The molecule has 2 aromatic carbocycles. The van der Waals surface area contributed by atoms with Gasteiger partial charge in [-0.15, -0.1) is 22.7 Å². The van der Waals surface area contributed by atoms with Crippen molar-refractivity contribution in [1.82, 2.24) is 45.6 Å². The van der Waals surface area contributed by atoms with Crippen molar-refractivity contribution in [2.75, 3.05) is 0 Å². The Hall–Kier alpha value is -6.24. The van der Waals surface area contributed by atoms with Gasteiger partial charge in [-0.05, 0) is 63.2 Å². The first-order valence-corrected chi connectivity index (χ1v) is 17.0. The zero-order valence-corrected chi connectivity index (χ0v) is 31.7. The van der Waals surface area contributed by atoms with Gasteiger partial charge in [0, 0.05) is 51.5 Å². The normalized spacial score (nSPS) is 9.79. The van der Waals surface area contributed by atoms with Crippen LogP contribution in [0.25, 0.3) is 43.1 Å². The largest absolute Gasteiger partial charge is 0.481 e. The molecule has 0 saturated heterocycles. The number of aromatic amines is 1. The van der Waals surface area contributed by atoms with Crippen LogP contribution in [0.5, 0.6) is 0 Å². The molecule has 6 N–H and O–H groups in total. The highest BCUT2D eigenvalue weighted by molar-refractivity contribution is 7.17. The van der Waals surface area contributed by atoms with Crippen molar-refractivity contribution in [1.29, 1.82) is 0 Å². The number of hydrogen-bond acceptors (Lipinski definition) is 13. The van der Waals surface area contributed by atoms with Gasteiger partial charge >= 0.3 is 0 Å². The lowest BCUT2D eigenvalue weighted by atomic mass is 10.1. The molecule has 0 saturated carbocycles. The van der Waals surface area contributed by atoms with Crippen LogP contribution in [0.15, 0.2) is 71.9 Å². The summed E-state index contributed by atoms with van der Waals surface area (Å²) in [6.45, 7) is 7.18. The third-order valence-electron chi connectivity index (χ3n) is 6.14. The van der Waals surface area contributed by atoms with E-state index in [1.54, 1.807) is 53.0 Å². The van der Waals surface area contributed by atoms with Crippen molar-refractivity contribution in [2.24, 2.45) is 14.1 Å². The lowest BCUT2D eigenvalue weighted by Crippen LogP contribution is -2.15. The van der Waals surface area contributed by atoms with Crippen molar-refractivity contribution in [3.8, 4) is 22.6 Å². The second kappa shape index (κ2) is 20.0. The Bertz CT molecular complexity index is 2290. The summed E-state index contributed by atoms with van der Waals surface area (Å²) in [7, 11) is 3.61. The Morgan fingerprint density at radius 1 is 0.717 bits per heavy atom. The smallest absolute Gasteiger partial charge is 0.300 e. The zero-order chi connectivity index (χ0) is 38.5. The number of ketones is 3. The van der Waals surface area contributed by atoms with Crippen molar-refractivity contribution >= 4 is 72.4 Å². The average Bonchev–Trinajstić information content (AvgIpc) is 3.90. The molecule has 0 atom stereocenters. The Balaban J connectivity index is 0.000000279. The van der Waals surface area contributed by atoms with Crippen LogP contribution in [0.3, 0.4) is 0 Å². The number of carbonyl (C=O) groups is 5. The van der Waals surface area contributed by atoms with Crippen LogP contribution in [0.4, 0.5) is 0 Å². The number of H-pyrrole nitrogens is 1. The van der Waals surface area contributed by atoms with E-state index >= 15 is 0 Å². The third kappa shape index (κ3) is 13.1. The zero-order valence-electron chi connectivity index (χ0n) is 30.0. The van der Waals surface area contributed by atoms with E-state index in [9.17, 15) is 14.4 Å². The van der Waals surface area contributed by atoms with E-state index < -0.39 is 23.5 Å². The maximum Gasteiger partial charge on any atom is 0.300 e. The molecule has 0 radical (unpaired) electrons. The predicted octanol–water partition coefficient (Wildman–Crippen LogP) is 6.43. The van der Waals surface area contributed by atoms with E-state index in [0.717, 1.165) is 58.1 Å². The molecule has 0 bridgehead atoms. The van der Waals surface area contributed by atoms with Gasteiger partial charge in [0.25, 0.3) is 17.7 Å². The fourth-order valence-electron chi connectivity index (χ4n) is 4.22. The second-order valence-electron chi connectivity index (χ2n) is 11.0. The first-order valence-electron chi connectivity index (χ1n) is 15.2. The Morgan fingerprint density at radius 3 is 1.74 bits per heavy atom. The number of aromatic nitrogens is 8. The number of fused-ring (bicyclic) bond motifs is 2. The molecule has 5 heterocycles. The molecular weight excluding hydrogens is 723 g/mol. The summed E-state index contributed by atoms with van der Waals surface area (Å²) in [5.74, 6) is -1.76. The number of hydrogen-bond donors (Lipinski definition) is 4. The lowest BCUT2D eigenvalue weighted by Gasteiger charge is -2.00. The van der Waals surface area contributed by atoms with Crippen LogP contribution in [-0.4, -0.2) is 79.0 Å². The molecule has 278 valence electrons. The van der Waals surface area contributed by atoms with Crippen molar-refractivity contribution in [2.45, 2.75) is 34.6 Å². The van der Waals surface area contributed by atoms with E-state index in [0.29, 0.717) is 5.56 Å². The minimum Gasteiger partial charge on any atom is -0.481 e. The molecule has 16 nitrogen and oxygen atoms in total. The maximum absolute atomic E-state index is 12.1. The van der Waals surface area contributed by atoms with Gasteiger partial charge in [-0.25, -0.2) is 15.0 Å². The number of aliphatic carboxylic acids is 2. The topological polar surface area (TPSA) is 251 Å². The molecule has 7 aromatic rings. The summed E-state index contributed by atoms with van der Waals surface area (Å²) in [6, 6.07) is 14.8. The Labute approximate surface area is 311 Å². The number of carbonyl (C=O) groups excluding carboxylic acids is 3. The van der Waals surface area contributed by atoms with Gasteiger partial charge in [-0.1, -0.05) is 6.07 Å². The number of imidazole rings is 1. The van der Waals surface area contributed by atoms with E-state index in [1.807, 2.05) is 37.8 Å². The number of rotatable bonds is 5. The molecular formula is C35H39N9O7S2. The van der Waals surface area contributed by atoms with E-state index in [2.05, 4.69) is 42.3 Å². The van der Waals surface area contributed by atoms with Crippen LogP contribution in [-0.2, 0) is 28.5 Å². The van der Waals surface area contributed by atoms with Crippen LogP contribution in [0, 0.1) is 6.92 Å². The monoisotopic (exact) mass is 761 g/mol. The number of nitrogens with zero attached hydrogens (tertiary/aromatic N) is 7. The van der Waals surface area contributed by atoms with E-state index in [1.165, 1.54) is 40.6 Å². The maximum atomic E-state index is 12.1. The number of nitrogens with one attached hydrogen (secondary N) is 1. The SMILES string of the molecule is CC(=O)O.CC(=O)O.CC(C)=O.Cc1nc(-c2ccc3ncsc3c2)c(-c2ccn(C)n2)[nH]1.Cn1ccc(C(=O)C(=O)c2ccc3ncsc3c2)n1.N. The predicted molar refractivity (Wildman–Crippen MR) is 204 cm³/mol. The molecule has 7 rings (SSSR count).